The number of pyridine rings is 1. The van der Waals surface area contributed by atoms with E-state index in [2.05, 4.69) is 25.3 Å². The van der Waals surface area contributed by atoms with Gasteiger partial charge in [-0.25, -0.2) is 4.98 Å². The first kappa shape index (κ1) is 15.4. The van der Waals surface area contributed by atoms with Crippen molar-refractivity contribution in [2.45, 2.75) is 13.3 Å². The van der Waals surface area contributed by atoms with E-state index in [9.17, 15) is 4.79 Å². The Labute approximate surface area is 133 Å². The second-order valence-electron chi connectivity index (χ2n) is 5.67. The molecule has 1 aliphatic heterocycles. The fraction of sp³-hybridized carbons (Fsp3) is 0.467. The number of hydrogen-bond acceptors (Lipinski definition) is 7. The van der Waals surface area contributed by atoms with Crippen molar-refractivity contribution in [1.29, 1.82) is 0 Å². The SMILES string of the molecule is Cc1noc(-c2ccc(N3CCNC[C@@H](CC(=O)O)C3)nc2)n1. The van der Waals surface area contributed by atoms with Crippen molar-refractivity contribution in [1.82, 2.24) is 20.4 Å². The molecular weight excluding hydrogens is 298 g/mol. The number of carbonyl (C=O) groups is 1. The third-order valence-electron chi connectivity index (χ3n) is 3.78. The lowest BCUT2D eigenvalue weighted by Crippen LogP contribution is -2.31. The van der Waals surface area contributed by atoms with Crippen molar-refractivity contribution in [3.05, 3.63) is 24.2 Å². The van der Waals surface area contributed by atoms with Crippen LogP contribution in [0.5, 0.6) is 0 Å². The van der Waals surface area contributed by atoms with Gasteiger partial charge in [0.05, 0.1) is 12.0 Å². The van der Waals surface area contributed by atoms with Gasteiger partial charge in [-0.3, -0.25) is 4.79 Å². The Morgan fingerprint density at radius 1 is 1.52 bits per heavy atom. The number of aromatic nitrogens is 3. The van der Waals surface area contributed by atoms with E-state index in [1.54, 1.807) is 13.1 Å². The van der Waals surface area contributed by atoms with Crippen molar-refractivity contribution in [2.24, 2.45) is 5.92 Å². The highest BCUT2D eigenvalue weighted by molar-refractivity contribution is 5.67. The lowest BCUT2D eigenvalue weighted by molar-refractivity contribution is -0.137. The van der Waals surface area contributed by atoms with Gasteiger partial charge in [-0.15, -0.1) is 0 Å². The molecule has 1 saturated heterocycles. The molecule has 3 heterocycles. The first-order chi connectivity index (χ1) is 11.1. The smallest absolute Gasteiger partial charge is 0.303 e. The first-order valence-corrected chi connectivity index (χ1v) is 7.56. The minimum Gasteiger partial charge on any atom is -0.481 e. The first-order valence-electron chi connectivity index (χ1n) is 7.56. The van der Waals surface area contributed by atoms with Gasteiger partial charge in [0.25, 0.3) is 5.89 Å². The Hall–Kier alpha value is -2.48. The lowest BCUT2D eigenvalue weighted by Gasteiger charge is -2.24. The van der Waals surface area contributed by atoms with E-state index < -0.39 is 5.97 Å². The zero-order valence-corrected chi connectivity index (χ0v) is 12.9. The number of anilines is 1. The Bertz CT molecular complexity index is 670. The topological polar surface area (TPSA) is 104 Å². The monoisotopic (exact) mass is 317 g/mol. The molecule has 0 radical (unpaired) electrons. The summed E-state index contributed by atoms with van der Waals surface area (Å²) < 4.78 is 5.13. The van der Waals surface area contributed by atoms with Gasteiger partial charge in [-0.1, -0.05) is 5.16 Å². The van der Waals surface area contributed by atoms with Gasteiger partial charge in [-0.2, -0.15) is 4.98 Å². The summed E-state index contributed by atoms with van der Waals surface area (Å²) in [6.45, 7) is 4.75. The van der Waals surface area contributed by atoms with Crippen LogP contribution in [0.25, 0.3) is 11.5 Å². The number of nitrogens with one attached hydrogen (secondary N) is 1. The zero-order chi connectivity index (χ0) is 16.2. The summed E-state index contributed by atoms with van der Waals surface area (Å²) in [4.78, 5) is 21.7. The molecule has 1 aliphatic rings. The van der Waals surface area contributed by atoms with Crippen LogP contribution in [0, 0.1) is 12.8 Å². The van der Waals surface area contributed by atoms with E-state index in [0.29, 0.717) is 24.8 Å². The van der Waals surface area contributed by atoms with Crippen molar-refractivity contribution in [3.8, 4) is 11.5 Å². The van der Waals surface area contributed by atoms with Crippen molar-refractivity contribution in [2.75, 3.05) is 31.1 Å². The zero-order valence-electron chi connectivity index (χ0n) is 12.9. The van der Waals surface area contributed by atoms with Crippen LogP contribution < -0.4 is 10.2 Å². The highest BCUT2D eigenvalue weighted by Gasteiger charge is 2.21. The molecule has 23 heavy (non-hydrogen) atoms. The number of aliphatic carboxylic acids is 1. The van der Waals surface area contributed by atoms with Crippen LogP contribution in [-0.4, -0.2) is 52.4 Å². The summed E-state index contributed by atoms with van der Waals surface area (Å²) in [6, 6.07) is 3.79. The van der Waals surface area contributed by atoms with Crippen LogP contribution >= 0.6 is 0 Å². The molecule has 8 nitrogen and oxygen atoms in total. The van der Waals surface area contributed by atoms with Crippen LogP contribution in [0.4, 0.5) is 5.82 Å². The fourth-order valence-corrected chi connectivity index (χ4v) is 2.69. The third kappa shape index (κ3) is 3.84. The summed E-state index contributed by atoms with van der Waals surface area (Å²) in [7, 11) is 0. The number of carboxylic acid groups (broad SMARTS) is 1. The Balaban J connectivity index is 1.73. The maximum absolute atomic E-state index is 10.9. The van der Waals surface area contributed by atoms with E-state index in [0.717, 1.165) is 24.5 Å². The van der Waals surface area contributed by atoms with Crippen molar-refractivity contribution in [3.63, 3.8) is 0 Å². The average molecular weight is 317 g/mol. The molecule has 122 valence electrons. The highest BCUT2D eigenvalue weighted by atomic mass is 16.5. The van der Waals surface area contributed by atoms with Gasteiger partial charge < -0.3 is 19.8 Å². The number of aryl methyl sites for hydroxylation is 1. The number of carboxylic acids is 1. The van der Waals surface area contributed by atoms with Crippen molar-refractivity contribution >= 4 is 11.8 Å². The van der Waals surface area contributed by atoms with Gasteiger partial charge in [0.2, 0.25) is 0 Å². The van der Waals surface area contributed by atoms with E-state index in [1.807, 2.05) is 12.1 Å². The predicted octanol–water partition coefficient (Wildman–Crippen LogP) is 0.941. The molecule has 0 bridgehead atoms. The van der Waals surface area contributed by atoms with Gasteiger partial charge >= 0.3 is 5.97 Å². The van der Waals surface area contributed by atoms with Gasteiger partial charge in [-0.05, 0) is 25.0 Å². The average Bonchev–Trinajstić information content (AvgIpc) is 2.83. The summed E-state index contributed by atoms with van der Waals surface area (Å²) in [5, 5.41) is 16.0. The molecule has 0 spiro atoms. The summed E-state index contributed by atoms with van der Waals surface area (Å²) in [6.07, 6.45) is 1.86. The summed E-state index contributed by atoms with van der Waals surface area (Å²) in [5.74, 6) is 1.15. The minimum atomic E-state index is -0.770. The number of rotatable bonds is 4. The molecule has 0 saturated carbocycles. The Kier molecular flexibility index (Phi) is 4.52. The molecule has 1 fully saturated rings. The van der Waals surface area contributed by atoms with Gasteiger partial charge in [0, 0.05) is 32.4 Å². The largest absolute Gasteiger partial charge is 0.481 e. The second kappa shape index (κ2) is 6.74. The van der Waals surface area contributed by atoms with Crippen LogP contribution in [0.1, 0.15) is 12.2 Å². The van der Waals surface area contributed by atoms with E-state index in [4.69, 9.17) is 9.63 Å². The van der Waals surface area contributed by atoms with Crippen molar-refractivity contribution < 1.29 is 14.4 Å². The predicted molar refractivity (Wildman–Crippen MR) is 83.1 cm³/mol. The summed E-state index contributed by atoms with van der Waals surface area (Å²) in [5.41, 5.74) is 0.768. The van der Waals surface area contributed by atoms with E-state index in [-0.39, 0.29) is 12.3 Å². The maximum atomic E-state index is 10.9. The van der Waals surface area contributed by atoms with Crippen LogP contribution in [0.15, 0.2) is 22.9 Å². The molecule has 8 heteroatoms. The molecule has 2 aromatic rings. The van der Waals surface area contributed by atoms with E-state index >= 15 is 0 Å². The number of nitrogens with zero attached hydrogens (tertiary/aromatic N) is 4. The molecular formula is C15H19N5O3. The molecule has 0 unspecified atom stereocenters. The van der Waals surface area contributed by atoms with E-state index in [1.165, 1.54) is 0 Å². The standard InChI is InChI=1S/C15H19N5O3/c1-10-18-15(23-19-10)12-2-3-13(17-8-12)20-5-4-16-7-11(9-20)6-14(21)22/h2-3,8,11,16H,4-7,9H2,1H3,(H,21,22)/t11-/m1/s1. The van der Waals surface area contributed by atoms with Gasteiger partial charge in [0.1, 0.15) is 5.82 Å². The maximum Gasteiger partial charge on any atom is 0.303 e. The Morgan fingerprint density at radius 2 is 2.39 bits per heavy atom. The normalized spacial score (nSPS) is 18.7. The Morgan fingerprint density at radius 3 is 3.04 bits per heavy atom. The molecule has 0 aliphatic carbocycles. The van der Waals surface area contributed by atoms with Crippen LogP contribution in [-0.2, 0) is 4.79 Å². The molecule has 0 aromatic carbocycles. The molecule has 3 rings (SSSR count). The van der Waals surface area contributed by atoms with Crippen LogP contribution in [0.2, 0.25) is 0 Å². The highest BCUT2D eigenvalue weighted by Crippen LogP contribution is 2.21. The van der Waals surface area contributed by atoms with Gasteiger partial charge in [0.15, 0.2) is 5.82 Å². The van der Waals surface area contributed by atoms with Crippen LogP contribution in [0.3, 0.4) is 0 Å². The molecule has 1 atom stereocenters. The fourth-order valence-electron chi connectivity index (χ4n) is 2.69. The molecule has 0 amide bonds. The molecule has 2 aromatic heterocycles. The minimum absolute atomic E-state index is 0.0649. The third-order valence-corrected chi connectivity index (χ3v) is 3.78. The second-order valence-corrected chi connectivity index (χ2v) is 5.67. The summed E-state index contributed by atoms with van der Waals surface area (Å²) >= 11 is 0. The lowest BCUT2D eigenvalue weighted by atomic mass is 10.1. The molecule has 2 N–H and O–H groups in total. The number of hydrogen-bond donors (Lipinski definition) is 2. The quantitative estimate of drug-likeness (QED) is 0.858.